The second-order valence-corrected chi connectivity index (χ2v) is 6.99. The van der Waals surface area contributed by atoms with E-state index in [1.165, 1.54) is 11.3 Å². The maximum atomic E-state index is 12.3. The lowest BCUT2D eigenvalue weighted by Gasteiger charge is -2.48. The minimum Gasteiger partial charge on any atom is -0.396 e. The van der Waals surface area contributed by atoms with Gasteiger partial charge in [0.25, 0.3) is 5.91 Å². The first kappa shape index (κ1) is 14.8. The Morgan fingerprint density at radius 3 is 2.63 bits per heavy atom. The van der Waals surface area contributed by atoms with Crippen molar-refractivity contribution in [3.8, 4) is 0 Å². The van der Waals surface area contributed by atoms with Crippen LogP contribution < -0.4 is 5.32 Å². The monoisotopic (exact) mass is 301 g/mol. The molecule has 5 heteroatoms. The third-order valence-electron chi connectivity index (χ3n) is 4.10. The number of carbonyl (C=O) groups is 1. The number of rotatable bonds is 5. The highest BCUT2D eigenvalue weighted by Gasteiger charge is 2.45. The largest absolute Gasteiger partial charge is 0.396 e. The topological polar surface area (TPSA) is 49.3 Å². The standard InChI is InChI=1S/C14H20ClNO2S/c1-9(2)12(14(8-17)5-3-6-14)16-13(18)11-10(15)4-7-19-11/h4,7,9,12,17H,3,5-6,8H2,1-2H3,(H,16,18). The zero-order valence-corrected chi connectivity index (χ0v) is 12.9. The lowest BCUT2D eigenvalue weighted by atomic mass is 9.62. The molecule has 1 atom stereocenters. The molecule has 0 radical (unpaired) electrons. The molecular weight excluding hydrogens is 282 g/mol. The predicted molar refractivity (Wildman–Crippen MR) is 78.8 cm³/mol. The van der Waals surface area contributed by atoms with E-state index in [0.717, 1.165) is 19.3 Å². The van der Waals surface area contributed by atoms with Gasteiger partial charge in [-0.3, -0.25) is 4.79 Å². The van der Waals surface area contributed by atoms with Crippen molar-refractivity contribution in [1.82, 2.24) is 5.32 Å². The van der Waals surface area contributed by atoms with E-state index >= 15 is 0 Å². The summed E-state index contributed by atoms with van der Waals surface area (Å²) >= 11 is 7.34. The molecule has 1 aliphatic carbocycles. The number of aliphatic hydroxyl groups excluding tert-OH is 1. The van der Waals surface area contributed by atoms with Gasteiger partial charge in [0.05, 0.1) is 11.6 Å². The van der Waals surface area contributed by atoms with Crippen LogP contribution in [0.3, 0.4) is 0 Å². The van der Waals surface area contributed by atoms with Crippen molar-refractivity contribution in [2.24, 2.45) is 11.3 Å². The van der Waals surface area contributed by atoms with Gasteiger partial charge in [0.1, 0.15) is 4.88 Å². The second-order valence-electron chi connectivity index (χ2n) is 5.67. The van der Waals surface area contributed by atoms with Crippen molar-refractivity contribution in [1.29, 1.82) is 0 Å². The fourth-order valence-corrected chi connectivity index (χ4v) is 3.93. The Kier molecular flexibility index (Phi) is 4.54. The average molecular weight is 302 g/mol. The highest BCUT2D eigenvalue weighted by molar-refractivity contribution is 7.12. The fourth-order valence-electron chi connectivity index (χ4n) is 2.89. The van der Waals surface area contributed by atoms with Gasteiger partial charge in [-0.2, -0.15) is 0 Å². The summed E-state index contributed by atoms with van der Waals surface area (Å²) in [6.45, 7) is 4.29. The summed E-state index contributed by atoms with van der Waals surface area (Å²) in [5.74, 6) is 0.161. The van der Waals surface area contributed by atoms with Gasteiger partial charge in [-0.05, 0) is 30.2 Å². The van der Waals surface area contributed by atoms with E-state index in [0.29, 0.717) is 9.90 Å². The molecule has 106 valence electrons. The van der Waals surface area contributed by atoms with Crippen LogP contribution in [0.2, 0.25) is 5.02 Å². The number of halogens is 1. The van der Waals surface area contributed by atoms with Crippen LogP contribution >= 0.6 is 22.9 Å². The molecule has 0 bridgehead atoms. The van der Waals surface area contributed by atoms with Crippen molar-refractivity contribution in [3.05, 3.63) is 21.3 Å². The maximum Gasteiger partial charge on any atom is 0.263 e. The average Bonchev–Trinajstić information content (AvgIpc) is 2.73. The molecule has 0 saturated heterocycles. The van der Waals surface area contributed by atoms with Crippen LogP contribution in [0.15, 0.2) is 11.4 Å². The Labute approximate surface area is 123 Å². The number of thiophene rings is 1. The van der Waals surface area contributed by atoms with Crippen molar-refractivity contribution in [2.75, 3.05) is 6.61 Å². The molecule has 3 nitrogen and oxygen atoms in total. The number of hydrogen-bond donors (Lipinski definition) is 2. The Hall–Kier alpha value is -0.580. The second kappa shape index (κ2) is 5.81. The molecule has 0 spiro atoms. The summed E-state index contributed by atoms with van der Waals surface area (Å²) in [6.07, 6.45) is 3.08. The Morgan fingerprint density at radius 1 is 1.58 bits per heavy atom. The molecule has 1 amide bonds. The molecule has 1 unspecified atom stereocenters. The van der Waals surface area contributed by atoms with Crippen LogP contribution in [0.4, 0.5) is 0 Å². The van der Waals surface area contributed by atoms with E-state index in [1.54, 1.807) is 6.07 Å². The molecule has 2 N–H and O–H groups in total. The Morgan fingerprint density at radius 2 is 2.26 bits per heavy atom. The highest BCUT2D eigenvalue weighted by atomic mass is 35.5. The van der Waals surface area contributed by atoms with Gasteiger partial charge in [0, 0.05) is 11.5 Å². The SMILES string of the molecule is CC(C)C(NC(=O)c1sccc1Cl)C1(CO)CCC1. The number of aliphatic hydroxyl groups is 1. The molecule has 1 saturated carbocycles. The van der Waals surface area contributed by atoms with E-state index in [-0.39, 0.29) is 29.9 Å². The van der Waals surface area contributed by atoms with Gasteiger partial charge in [-0.15, -0.1) is 11.3 Å². The number of carbonyl (C=O) groups excluding carboxylic acids is 1. The third-order valence-corrected chi connectivity index (χ3v) is 5.44. The minimum atomic E-state index is -0.145. The van der Waals surface area contributed by atoms with E-state index in [9.17, 15) is 9.90 Å². The smallest absolute Gasteiger partial charge is 0.263 e. The first-order valence-electron chi connectivity index (χ1n) is 6.65. The number of nitrogens with one attached hydrogen (secondary N) is 1. The van der Waals surface area contributed by atoms with Gasteiger partial charge in [-0.25, -0.2) is 0 Å². The number of amides is 1. The van der Waals surface area contributed by atoms with Gasteiger partial charge in [0.2, 0.25) is 0 Å². The van der Waals surface area contributed by atoms with Crippen LogP contribution in [-0.2, 0) is 0 Å². The van der Waals surface area contributed by atoms with Gasteiger partial charge >= 0.3 is 0 Å². The molecule has 1 heterocycles. The third kappa shape index (κ3) is 2.81. The van der Waals surface area contributed by atoms with Gasteiger partial charge < -0.3 is 10.4 Å². The molecule has 1 fully saturated rings. The summed E-state index contributed by atoms with van der Waals surface area (Å²) in [5, 5.41) is 15.1. The first-order valence-corrected chi connectivity index (χ1v) is 7.90. The molecule has 1 aromatic heterocycles. The van der Waals surface area contributed by atoms with Gasteiger partial charge in [0.15, 0.2) is 0 Å². The van der Waals surface area contributed by atoms with Crippen LogP contribution in [0.5, 0.6) is 0 Å². The van der Waals surface area contributed by atoms with Crippen molar-refractivity contribution in [2.45, 2.75) is 39.2 Å². The highest BCUT2D eigenvalue weighted by Crippen LogP contribution is 2.45. The lowest BCUT2D eigenvalue weighted by Crippen LogP contribution is -2.55. The predicted octanol–water partition coefficient (Wildman–Crippen LogP) is 3.32. The van der Waals surface area contributed by atoms with E-state index in [1.807, 2.05) is 5.38 Å². The van der Waals surface area contributed by atoms with Crippen molar-refractivity contribution >= 4 is 28.8 Å². The van der Waals surface area contributed by atoms with Crippen LogP contribution in [0.25, 0.3) is 0 Å². The molecule has 0 aliphatic heterocycles. The summed E-state index contributed by atoms with van der Waals surface area (Å²) in [5.41, 5.74) is -0.145. The van der Waals surface area contributed by atoms with Gasteiger partial charge in [-0.1, -0.05) is 31.9 Å². The molecule has 1 aromatic rings. The Balaban J connectivity index is 2.14. The van der Waals surface area contributed by atoms with Crippen LogP contribution in [-0.4, -0.2) is 23.7 Å². The van der Waals surface area contributed by atoms with Crippen LogP contribution in [0, 0.1) is 11.3 Å². The molecule has 2 rings (SSSR count). The summed E-state index contributed by atoms with van der Waals surface area (Å²) < 4.78 is 0. The summed E-state index contributed by atoms with van der Waals surface area (Å²) in [6, 6.07) is 1.73. The normalized spacial score (nSPS) is 19.0. The summed E-state index contributed by atoms with van der Waals surface area (Å²) in [4.78, 5) is 12.8. The fraction of sp³-hybridized carbons (Fsp3) is 0.643. The first-order chi connectivity index (χ1) is 9.00. The number of hydrogen-bond acceptors (Lipinski definition) is 3. The quantitative estimate of drug-likeness (QED) is 0.876. The zero-order chi connectivity index (χ0) is 14.0. The van der Waals surface area contributed by atoms with Crippen LogP contribution in [0.1, 0.15) is 42.8 Å². The molecule has 1 aliphatic rings. The lowest BCUT2D eigenvalue weighted by molar-refractivity contribution is -0.00771. The van der Waals surface area contributed by atoms with Crippen molar-refractivity contribution < 1.29 is 9.90 Å². The zero-order valence-electron chi connectivity index (χ0n) is 11.3. The summed E-state index contributed by atoms with van der Waals surface area (Å²) in [7, 11) is 0. The minimum absolute atomic E-state index is 0.00285. The van der Waals surface area contributed by atoms with E-state index in [2.05, 4.69) is 19.2 Å². The van der Waals surface area contributed by atoms with Crippen molar-refractivity contribution in [3.63, 3.8) is 0 Å². The maximum absolute atomic E-state index is 12.3. The Bertz CT molecular complexity index is 449. The molecule has 19 heavy (non-hydrogen) atoms. The molecular formula is C14H20ClNO2S. The van der Waals surface area contributed by atoms with E-state index in [4.69, 9.17) is 11.6 Å². The van der Waals surface area contributed by atoms with E-state index < -0.39 is 0 Å². The molecule has 0 aromatic carbocycles.